The Morgan fingerprint density at radius 1 is 1.24 bits per heavy atom. The van der Waals surface area contributed by atoms with E-state index in [1.165, 1.54) is 0 Å². The number of carbonyl (C=O) groups is 2. The number of hydrogen-bond donors (Lipinski definition) is 1. The predicted octanol–water partition coefficient (Wildman–Crippen LogP) is 4.09. The van der Waals surface area contributed by atoms with Gasteiger partial charge in [-0.3, -0.25) is 14.5 Å². The minimum atomic E-state index is -0.974. The molecule has 0 aromatic heterocycles. The first-order valence-electron chi connectivity index (χ1n) is 7.93. The van der Waals surface area contributed by atoms with Crippen LogP contribution in [0.4, 0.5) is 5.69 Å². The highest BCUT2D eigenvalue weighted by molar-refractivity contribution is 6.31. The summed E-state index contributed by atoms with van der Waals surface area (Å²) in [6, 6.07) is 12.0. The molecule has 0 radical (unpaired) electrons. The van der Waals surface area contributed by atoms with Gasteiger partial charge in [0.15, 0.2) is 0 Å². The standard InChI is InChI=1S/C19H18ClNO4/c1-3-19(11-17(22)23)16-10-12(20)4-9-15(16)18(24)21(19)13-5-7-14(25-2)8-6-13/h4-10H,3,11H2,1-2H3,(H,22,23). The SMILES string of the molecule is CCC1(CC(=O)O)c2cc(Cl)ccc2C(=O)N1c1ccc(OC)cc1. The van der Waals surface area contributed by atoms with Crippen molar-refractivity contribution in [3.63, 3.8) is 0 Å². The largest absolute Gasteiger partial charge is 0.497 e. The van der Waals surface area contributed by atoms with E-state index in [1.807, 2.05) is 6.92 Å². The van der Waals surface area contributed by atoms with Gasteiger partial charge in [-0.2, -0.15) is 0 Å². The van der Waals surface area contributed by atoms with Crippen LogP contribution >= 0.6 is 11.6 Å². The summed E-state index contributed by atoms with van der Waals surface area (Å²) in [5.74, 6) is -0.530. The Labute approximate surface area is 150 Å². The maximum Gasteiger partial charge on any atom is 0.306 e. The van der Waals surface area contributed by atoms with Crippen molar-refractivity contribution in [2.75, 3.05) is 12.0 Å². The fourth-order valence-corrected chi connectivity index (χ4v) is 3.69. The minimum absolute atomic E-state index is 0.200. The second-order valence-corrected chi connectivity index (χ2v) is 6.42. The zero-order chi connectivity index (χ0) is 18.2. The molecule has 1 N–H and O–H groups in total. The minimum Gasteiger partial charge on any atom is -0.497 e. The van der Waals surface area contributed by atoms with Crippen molar-refractivity contribution in [3.05, 3.63) is 58.6 Å². The molecule has 1 atom stereocenters. The monoisotopic (exact) mass is 359 g/mol. The molecular formula is C19H18ClNO4. The molecule has 2 aromatic rings. The van der Waals surface area contributed by atoms with Crippen molar-refractivity contribution in [1.29, 1.82) is 0 Å². The molecule has 25 heavy (non-hydrogen) atoms. The Morgan fingerprint density at radius 2 is 1.92 bits per heavy atom. The van der Waals surface area contributed by atoms with Gasteiger partial charge in [-0.05, 0) is 54.4 Å². The third kappa shape index (κ3) is 2.74. The molecule has 0 spiro atoms. The lowest BCUT2D eigenvalue weighted by Gasteiger charge is -2.37. The molecule has 0 saturated carbocycles. The number of ether oxygens (including phenoxy) is 1. The molecule has 0 aliphatic carbocycles. The van der Waals surface area contributed by atoms with Gasteiger partial charge >= 0.3 is 5.97 Å². The van der Waals surface area contributed by atoms with Crippen LogP contribution in [0.25, 0.3) is 0 Å². The van der Waals surface area contributed by atoms with Gasteiger partial charge in [-0.15, -0.1) is 0 Å². The van der Waals surface area contributed by atoms with Crippen LogP contribution in [0.3, 0.4) is 0 Å². The first-order chi connectivity index (χ1) is 11.9. The van der Waals surface area contributed by atoms with Crippen LogP contribution in [0.1, 0.15) is 35.7 Å². The van der Waals surface area contributed by atoms with Gasteiger partial charge in [0.1, 0.15) is 5.75 Å². The molecule has 130 valence electrons. The van der Waals surface area contributed by atoms with Gasteiger partial charge in [0.25, 0.3) is 5.91 Å². The van der Waals surface area contributed by atoms with Gasteiger partial charge in [0.05, 0.1) is 19.1 Å². The Morgan fingerprint density at radius 3 is 2.48 bits per heavy atom. The summed E-state index contributed by atoms with van der Waals surface area (Å²) in [4.78, 5) is 26.3. The zero-order valence-electron chi connectivity index (χ0n) is 14.0. The van der Waals surface area contributed by atoms with Crippen LogP contribution in [0, 0.1) is 0 Å². The molecule has 1 aliphatic rings. The molecule has 1 amide bonds. The highest BCUT2D eigenvalue weighted by atomic mass is 35.5. The van der Waals surface area contributed by atoms with Gasteiger partial charge in [0.2, 0.25) is 0 Å². The first-order valence-corrected chi connectivity index (χ1v) is 8.31. The quantitative estimate of drug-likeness (QED) is 0.873. The molecule has 1 aliphatic heterocycles. The number of hydrogen-bond acceptors (Lipinski definition) is 3. The second kappa shape index (κ2) is 6.41. The fourth-order valence-electron chi connectivity index (χ4n) is 3.52. The van der Waals surface area contributed by atoms with Gasteiger partial charge in [0, 0.05) is 16.3 Å². The Balaban J connectivity index is 2.21. The van der Waals surface area contributed by atoms with Crippen LogP contribution in [0.2, 0.25) is 5.02 Å². The average molecular weight is 360 g/mol. The second-order valence-electron chi connectivity index (χ2n) is 5.98. The number of anilines is 1. The first kappa shape index (κ1) is 17.3. The number of amides is 1. The van der Waals surface area contributed by atoms with Crippen molar-refractivity contribution >= 4 is 29.2 Å². The number of carboxylic acids is 1. The van der Waals surface area contributed by atoms with E-state index in [-0.39, 0.29) is 12.3 Å². The maximum absolute atomic E-state index is 13.1. The average Bonchev–Trinajstić information content (AvgIpc) is 2.83. The number of carboxylic acid groups (broad SMARTS) is 1. The van der Waals surface area contributed by atoms with Crippen molar-refractivity contribution in [2.45, 2.75) is 25.3 Å². The highest BCUT2D eigenvalue weighted by Crippen LogP contribution is 2.47. The smallest absolute Gasteiger partial charge is 0.306 e. The van der Waals surface area contributed by atoms with Gasteiger partial charge in [-0.1, -0.05) is 18.5 Å². The van der Waals surface area contributed by atoms with Crippen molar-refractivity contribution < 1.29 is 19.4 Å². The van der Waals surface area contributed by atoms with E-state index in [2.05, 4.69) is 0 Å². The lowest BCUT2D eigenvalue weighted by atomic mass is 9.83. The van der Waals surface area contributed by atoms with Gasteiger partial charge < -0.3 is 9.84 Å². The molecule has 1 unspecified atom stereocenters. The van der Waals surface area contributed by atoms with E-state index in [4.69, 9.17) is 16.3 Å². The fraction of sp³-hybridized carbons (Fsp3) is 0.263. The number of benzene rings is 2. The van der Waals surface area contributed by atoms with E-state index >= 15 is 0 Å². The van der Waals surface area contributed by atoms with E-state index in [9.17, 15) is 14.7 Å². The number of aliphatic carboxylic acids is 1. The predicted molar refractivity (Wildman–Crippen MR) is 95.5 cm³/mol. The number of methoxy groups -OCH3 is 1. The summed E-state index contributed by atoms with van der Waals surface area (Å²) < 4.78 is 5.16. The molecule has 0 bridgehead atoms. The van der Waals surface area contributed by atoms with Crippen molar-refractivity contribution in [2.24, 2.45) is 0 Å². The Bertz CT molecular complexity index is 834. The lowest BCUT2D eigenvalue weighted by molar-refractivity contribution is -0.138. The summed E-state index contributed by atoms with van der Waals surface area (Å²) in [6.45, 7) is 1.88. The van der Waals surface area contributed by atoms with E-state index in [1.54, 1.807) is 54.5 Å². The van der Waals surface area contributed by atoms with Crippen LogP contribution < -0.4 is 9.64 Å². The zero-order valence-corrected chi connectivity index (χ0v) is 14.7. The lowest BCUT2D eigenvalue weighted by Crippen LogP contribution is -2.45. The molecule has 0 saturated heterocycles. The summed E-state index contributed by atoms with van der Waals surface area (Å²) in [5, 5.41) is 9.99. The molecule has 6 heteroatoms. The molecular weight excluding hydrogens is 342 g/mol. The summed E-state index contributed by atoms with van der Waals surface area (Å²) in [5.41, 5.74) is 0.799. The molecule has 2 aromatic carbocycles. The number of fused-ring (bicyclic) bond motifs is 1. The molecule has 3 rings (SSSR count). The summed E-state index contributed by atoms with van der Waals surface area (Å²) >= 11 is 6.13. The Hall–Kier alpha value is -2.53. The third-order valence-corrected chi connectivity index (χ3v) is 4.94. The van der Waals surface area contributed by atoms with Crippen molar-refractivity contribution in [1.82, 2.24) is 0 Å². The Kier molecular flexibility index (Phi) is 4.43. The normalized spacial score (nSPS) is 19.0. The number of rotatable bonds is 5. The van der Waals surface area contributed by atoms with E-state index in [0.29, 0.717) is 34.0 Å². The molecule has 5 nitrogen and oxygen atoms in total. The number of carbonyl (C=O) groups excluding carboxylic acids is 1. The van der Waals surface area contributed by atoms with Crippen LogP contribution in [0.15, 0.2) is 42.5 Å². The highest BCUT2D eigenvalue weighted by Gasteiger charge is 2.50. The van der Waals surface area contributed by atoms with E-state index in [0.717, 1.165) is 0 Å². The molecule has 0 fully saturated rings. The van der Waals surface area contributed by atoms with Crippen LogP contribution in [-0.4, -0.2) is 24.1 Å². The van der Waals surface area contributed by atoms with Crippen LogP contribution in [0.5, 0.6) is 5.75 Å². The molecule has 1 heterocycles. The third-order valence-electron chi connectivity index (χ3n) is 4.70. The number of halogens is 1. The maximum atomic E-state index is 13.1. The number of nitrogens with zero attached hydrogens (tertiary/aromatic N) is 1. The summed E-state index contributed by atoms with van der Waals surface area (Å²) in [7, 11) is 1.56. The van der Waals surface area contributed by atoms with Crippen LogP contribution in [-0.2, 0) is 10.3 Å². The topological polar surface area (TPSA) is 66.8 Å². The van der Waals surface area contributed by atoms with E-state index < -0.39 is 11.5 Å². The van der Waals surface area contributed by atoms with Gasteiger partial charge in [-0.25, -0.2) is 0 Å². The van der Waals surface area contributed by atoms with Crippen molar-refractivity contribution in [3.8, 4) is 5.75 Å². The summed E-state index contributed by atoms with van der Waals surface area (Å²) in [6.07, 6.45) is 0.249.